The molecule has 0 N–H and O–H groups in total. The number of hydrogen-bond acceptors (Lipinski definition) is 6. The molecule has 5 rings (SSSR count). The summed E-state index contributed by atoms with van der Waals surface area (Å²) in [7, 11) is -3.51. The van der Waals surface area contributed by atoms with Gasteiger partial charge in [-0.15, -0.1) is 0 Å². The largest absolute Gasteiger partial charge is 0.345 e. The summed E-state index contributed by atoms with van der Waals surface area (Å²) < 4.78 is 28.7. The molecule has 0 aliphatic carbocycles. The highest BCUT2D eigenvalue weighted by molar-refractivity contribution is 7.89. The fraction of sp³-hybridized carbons (Fsp3) is 0.462. The number of carbonyl (C=O) groups excluding carboxylic acids is 1. The van der Waals surface area contributed by atoms with Crippen LogP contribution in [0.25, 0.3) is 10.2 Å². The molecular formula is C26H32N4O3S2. The molecule has 3 aromatic rings. The first kappa shape index (κ1) is 24.2. The first-order chi connectivity index (χ1) is 16.7. The second-order valence-corrected chi connectivity index (χ2v) is 12.7. The molecule has 0 unspecified atom stereocenters. The van der Waals surface area contributed by atoms with Crippen molar-refractivity contribution in [3.05, 3.63) is 53.1 Å². The minimum atomic E-state index is -3.51. The van der Waals surface area contributed by atoms with E-state index < -0.39 is 10.0 Å². The summed E-state index contributed by atoms with van der Waals surface area (Å²) in [6.45, 7) is 10.2. The van der Waals surface area contributed by atoms with Gasteiger partial charge in [-0.25, -0.2) is 13.4 Å². The lowest BCUT2D eigenvalue weighted by molar-refractivity contribution is 0.0746. The Balaban J connectivity index is 1.23. The number of amides is 1. The second-order valence-electron chi connectivity index (χ2n) is 9.82. The van der Waals surface area contributed by atoms with Gasteiger partial charge in [0.15, 0.2) is 5.13 Å². The third kappa shape index (κ3) is 4.81. The molecule has 0 radical (unpaired) electrons. The van der Waals surface area contributed by atoms with Gasteiger partial charge in [-0.2, -0.15) is 4.31 Å². The number of fused-ring (bicyclic) bond motifs is 1. The molecule has 7 nitrogen and oxygen atoms in total. The predicted molar refractivity (Wildman–Crippen MR) is 141 cm³/mol. The zero-order valence-electron chi connectivity index (χ0n) is 20.5. The average Bonchev–Trinajstić information content (AvgIpc) is 3.28. The molecule has 2 aromatic carbocycles. The molecular weight excluding hydrogens is 480 g/mol. The number of sulfonamides is 1. The minimum Gasteiger partial charge on any atom is -0.345 e. The van der Waals surface area contributed by atoms with Gasteiger partial charge >= 0.3 is 0 Å². The first-order valence-electron chi connectivity index (χ1n) is 12.2. The number of benzene rings is 2. The van der Waals surface area contributed by atoms with E-state index in [1.165, 1.54) is 15.8 Å². The smallest absolute Gasteiger partial charge is 0.253 e. The molecule has 2 aliphatic heterocycles. The van der Waals surface area contributed by atoms with Gasteiger partial charge in [-0.3, -0.25) is 4.79 Å². The van der Waals surface area contributed by atoms with Crippen LogP contribution in [0.4, 0.5) is 5.13 Å². The van der Waals surface area contributed by atoms with Gasteiger partial charge in [-0.05, 0) is 74.1 Å². The molecule has 9 heteroatoms. The van der Waals surface area contributed by atoms with Crippen LogP contribution in [0.3, 0.4) is 0 Å². The summed E-state index contributed by atoms with van der Waals surface area (Å²) in [4.78, 5) is 22.3. The highest BCUT2D eigenvalue weighted by atomic mass is 32.2. The summed E-state index contributed by atoms with van der Waals surface area (Å²) in [5.74, 6) is 0.501. The Bertz CT molecular complexity index is 1330. The number of piperazine rings is 1. The number of aromatic nitrogens is 1. The Kier molecular flexibility index (Phi) is 6.59. The topological polar surface area (TPSA) is 73.8 Å². The van der Waals surface area contributed by atoms with Crippen LogP contribution in [-0.2, 0) is 10.0 Å². The van der Waals surface area contributed by atoms with Crippen molar-refractivity contribution >= 4 is 42.6 Å². The molecule has 1 aromatic heterocycles. The van der Waals surface area contributed by atoms with E-state index in [4.69, 9.17) is 4.98 Å². The SMILES string of the molecule is Cc1cc(C)c2sc(N3CCN(C(=O)c4ccc(S(=O)(=O)N5CCC(C)CC5)cc4)CC3)nc2c1. The molecule has 186 valence electrons. The van der Waals surface area contributed by atoms with Gasteiger partial charge in [0.2, 0.25) is 10.0 Å². The van der Waals surface area contributed by atoms with E-state index in [2.05, 4.69) is 37.8 Å². The molecule has 35 heavy (non-hydrogen) atoms. The zero-order valence-corrected chi connectivity index (χ0v) is 22.2. The molecule has 2 fully saturated rings. The van der Waals surface area contributed by atoms with Crippen LogP contribution in [0.15, 0.2) is 41.3 Å². The van der Waals surface area contributed by atoms with Crippen LogP contribution in [0, 0.1) is 19.8 Å². The zero-order chi connectivity index (χ0) is 24.7. The standard InChI is InChI=1S/C26H32N4O3S2/c1-18-8-10-30(11-9-18)35(32,33)22-6-4-21(5-7-22)25(31)28-12-14-29(15-13-28)26-27-23-17-19(2)16-20(3)24(23)34-26/h4-7,16-18H,8-15H2,1-3H3. The van der Waals surface area contributed by atoms with Crippen molar-refractivity contribution in [2.24, 2.45) is 5.92 Å². The normalized spacial score (nSPS) is 18.4. The lowest BCUT2D eigenvalue weighted by Crippen LogP contribution is -2.48. The maximum atomic E-state index is 13.1. The van der Waals surface area contributed by atoms with E-state index in [-0.39, 0.29) is 10.8 Å². The van der Waals surface area contributed by atoms with Gasteiger partial charge < -0.3 is 9.80 Å². The maximum Gasteiger partial charge on any atom is 0.253 e. The quantitative estimate of drug-likeness (QED) is 0.521. The van der Waals surface area contributed by atoms with Crippen LogP contribution in [0.5, 0.6) is 0 Å². The fourth-order valence-electron chi connectivity index (χ4n) is 4.93. The van der Waals surface area contributed by atoms with E-state index in [1.54, 1.807) is 39.9 Å². The number of anilines is 1. The van der Waals surface area contributed by atoms with Crippen molar-refractivity contribution < 1.29 is 13.2 Å². The molecule has 0 saturated carbocycles. The summed E-state index contributed by atoms with van der Waals surface area (Å²) in [5.41, 5.74) is 4.02. The Morgan fingerprint density at radius 2 is 1.63 bits per heavy atom. The molecule has 0 spiro atoms. The molecule has 2 saturated heterocycles. The van der Waals surface area contributed by atoms with E-state index in [9.17, 15) is 13.2 Å². The van der Waals surface area contributed by atoms with E-state index in [0.29, 0.717) is 37.7 Å². The lowest BCUT2D eigenvalue weighted by Gasteiger charge is -2.34. The van der Waals surface area contributed by atoms with Gasteiger partial charge in [0, 0.05) is 44.8 Å². The number of hydrogen-bond donors (Lipinski definition) is 0. The van der Waals surface area contributed by atoms with Crippen molar-refractivity contribution in [2.45, 2.75) is 38.5 Å². The van der Waals surface area contributed by atoms with Gasteiger partial charge in [0.1, 0.15) is 0 Å². The number of aryl methyl sites for hydroxylation is 2. The van der Waals surface area contributed by atoms with Crippen LogP contribution in [0.2, 0.25) is 0 Å². The van der Waals surface area contributed by atoms with E-state index >= 15 is 0 Å². The Morgan fingerprint density at radius 1 is 0.971 bits per heavy atom. The molecule has 0 bridgehead atoms. The average molecular weight is 513 g/mol. The number of carbonyl (C=O) groups is 1. The van der Waals surface area contributed by atoms with Crippen LogP contribution < -0.4 is 4.90 Å². The molecule has 2 aliphatic rings. The summed E-state index contributed by atoms with van der Waals surface area (Å²) >= 11 is 1.71. The third-order valence-electron chi connectivity index (χ3n) is 7.13. The summed E-state index contributed by atoms with van der Waals surface area (Å²) in [5, 5.41) is 1.00. The van der Waals surface area contributed by atoms with Crippen molar-refractivity contribution in [1.29, 1.82) is 0 Å². The lowest BCUT2D eigenvalue weighted by atomic mass is 10.0. The van der Waals surface area contributed by atoms with Crippen molar-refractivity contribution in [3.63, 3.8) is 0 Å². The van der Waals surface area contributed by atoms with Gasteiger partial charge in [0.25, 0.3) is 5.91 Å². The fourth-order valence-corrected chi connectivity index (χ4v) is 7.46. The predicted octanol–water partition coefficient (Wildman–Crippen LogP) is 4.30. The van der Waals surface area contributed by atoms with Crippen LogP contribution in [0.1, 0.15) is 41.3 Å². The maximum absolute atomic E-state index is 13.1. The van der Waals surface area contributed by atoms with Crippen molar-refractivity contribution in [3.8, 4) is 0 Å². The van der Waals surface area contributed by atoms with Crippen LogP contribution in [-0.4, -0.2) is 67.8 Å². The molecule has 1 amide bonds. The number of rotatable bonds is 4. The number of nitrogens with zero attached hydrogens (tertiary/aromatic N) is 4. The number of piperidine rings is 1. The van der Waals surface area contributed by atoms with Gasteiger partial charge in [-0.1, -0.05) is 24.3 Å². The Labute approximate surface area is 211 Å². The Hall–Kier alpha value is -2.49. The van der Waals surface area contributed by atoms with Crippen LogP contribution >= 0.6 is 11.3 Å². The highest BCUT2D eigenvalue weighted by Gasteiger charge is 2.29. The molecule has 0 atom stereocenters. The van der Waals surface area contributed by atoms with Gasteiger partial charge in [0.05, 0.1) is 15.1 Å². The third-order valence-corrected chi connectivity index (χ3v) is 10.3. The minimum absolute atomic E-state index is 0.0591. The summed E-state index contributed by atoms with van der Waals surface area (Å²) in [6.07, 6.45) is 1.77. The van der Waals surface area contributed by atoms with Crippen molar-refractivity contribution in [1.82, 2.24) is 14.2 Å². The first-order valence-corrected chi connectivity index (χ1v) is 14.5. The van der Waals surface area contributed by atoms with Crippen molar-refractivity contribution in [2.75, 3.05) is 44.2 Å². The molecule has 3 heterocycles. The monoisotopic (exact) mass is 512 g/mol. The number of thiazole rings is 1. The Morgan fingerprint density at radius 3 is 2.29 bits per heavy atom. The van der Waals surface area contributed by atoms with E-state index in [1.807, 2.05) is 4.90 Å². The second kappa shape index (κ2) is 9.52. The summed E-state index contributed by atoms with van der Waals surface area (Å²) in [6, 6.07) is 10.7. The highest BCUT2D eigenvalue weighted by Crippen LogP contribution is 2.32. The van der Waals surface area contributed by atoms with E-state index in [0.717, 1.165) is 36.6 Å².